The van der Waals surface area contributed by atoms with Crippen molar-refractivity contribution in [3.8, 4) is 5.69 Å². The zero-order valence-corrected chi connectivity index (χ0v) is 14.2. The molecule has 24 heavy (non-hydrogen) atoms. The molecule has 6 nitrogen and oxygen atoms in total. The van der Waals surface area contributed by atoms with Gasteiger partial charge >= 0.3 is 0 Å². The van der Waals surface area contributed by atoms with E-state index in [2.05, 4.69) is 16.3 Å². The number of aryl methyl sites for hydroxylation is 2. The molecule has 0 aliphatic carbocycles. The van der Waals surface area contributed by atoms with E-state index in [1.165, 1.54) is 17.8 Å². The fourth-order valence-electron chi connectivity index (χ4n) is 2.41. The number of nitro groups is 1. The molecule has 0 radical (unpaired) electrons. The molecule has 2 aromatic carbocycles. The van der Waals surface area contributed by atoms with Crippen LogP contribution >= 0.6 is 11.8 Å². The van der Waals surface area contributed by atoms with E-state index in [1.54, 1.807) is 12.1 Å². The van der Waals surface area contributed by atoms with Crippen molar-refractivity contribution in [2.45, 2.75) is 24.8 Å². The average Bonchev–Trinajstić information content (AvgIpc) is 2.94. The van der Waals surface area contributed by atoms with Crippen LogP contribution in [0.2, 0.25) is 0 Å². The van der Waals surface area contributed by atoms with Crippen LogP contribution in [0.1, 0.15) is 17.0 Å². The third-order valence-electron chi connectivity index (χ3n) is 3.54. The first kappa shape index (κ1) is 16.2. The minimum absolute atomic E-state index is 0.101. The van der Waals surface area contributed by atoms with Gasteiger partial charge in [-0.1, -0.05) is 36.0 Å². The van der Waals surface area contributed by atoms with E-state index in [0.717, 1.165) is 27.8 Å². The predicted octanol–water partition coefficient (Wildman–Crippen LogP) is 4.08. The van der Waals surface area contributed by atoms with E-state index in [4.69, 9.17) is 0 Å². The third-order valence-corrected chi connectivity index (χ3v) is 4.54. The van der Waals surface area contributed by atoms with Crippen molar-refractivity contribution in [1.29, 1.82) is 0 Å². The molecule has 0 unspecified atom stereocenters. The molecule has 7 heteroatoms. The van der Waals surface area contributed by atoms with Crippen molar-refractivity contribution >= 4 is 17.4 Å². The van der Waals surface area contributed by atoms with Crippen LogP contribution in [0, 0.1) is 24.0 Å². The summed E-state index contributed by atoms with van der Waals surface area (Å²) in [6, 6.07) is 14.8. The van der Waals surface area contributed by atoms with Crippen molar-refractivity contribution in [3.05, 3.63) is 75.6 Å². The lowest BCUT2D eigenvalue weighted by molar-refractivity contribution is -0.384. The largest absolute Gasteiger partial charge is 0.274 e. The summed E-state index contributed by atoms with van der Waals surface area (Å²) in [5.74, 6) is 1.40. The van der Waals surface area contributed by atoms with Crippen molar-refractivity contribution < 1.29 is 4.92 Å². The second-order valence-electron chi connectivity index (χ2n) is 5.42. The van der Waals surface area contributed by atoms with Crippen molar-refractivity contribution in [2.24, 2.45) is 0 Å². The van der Waals surface area contributed by atoms with E-state index < -0.39 is 0 Å². The Hall–Kier alpha value is -2.67. The van der Waals surface area contributed by atoms with Gasteiger partial charge in [0, 0.05) is 23.6 Å². The van der Waals surface area contributed by atoms with Crippen LogP contribution in [0.3, 0.4) is 0 Å². The molecule has 0 saturated carbocycles. The Labute approximate surface area is 143 Å². The lowest BCUT2D eigenvalue weighted by Crippen LogP contribution is -1.99. The molecule has 1 heterocycles. The highest BCUT2D eigenvalue weighted by Crippen LogP contribution is 2.26. The lowest BCUT2D eigenvalue weighted by atomic mass is 10.2. The summed E-state index contributed by atoms with van der Waals surface area (Å²) in [5.41, 5.74) is 3.16. The maximum absolute atomic E-state index is 10.9. The van der Waals surface area contributed by atoms with Gasteiger partial charge in [-0.3, -0.25) is 14.7 Å². The summed E-state index contributed by atoms with van der Waals surface area (Å²) >= 11 is 1.51. The van der Waals surface area contributed by atoms with E-state index in [1.807, 2.05) is 42.7 Å². The second kappa shape index (κ2) is 6.84. The number of non-ortho nitro benzene ring substituents is 1. The van der Waals surface area contributed by atoms with Gasteiger partial charge in [-0.05, 0) is 37.1 Å². The van der Waals surface area contributed by atoms with Crippen LogP contribution in [-0.4, -0.2) is 19.7 Å². The SMILES string of the molecule is Cc1cccc(-n2c(C)nnc2SCc2cccc([N+](=O)[O-])c2)c1. The first-order valence-electron chi connectivity index (χ1n) is 7.40. The molecule has 0 amide bonds. The molecule has 122 valence electrons. The van der Waals surface area contributed by atoms with Gasteiger partial charge < -0.3 is 0 Å². The van der Waals surface area contributed by atoms with Crippen molar-refractivity contribution in [2.75, 3.05) is 0 Å². The number of hydrogen-bond acceptors (Lipinski definition) is 5. The van der Waals surface area contributed by atoms with Crippen LogP contribution in [0.25, 0.3) is 5.69 Å². The molecule has 0 bridgehead atoms. The number of nitro benzene ring substituents is 1. The molecule has 0 fully saturated rings. The van der Waals surface area contributed by atoms with Gasteiger partial charge in [0.2, 0.25) is 0 Å². The minimum Gasteiger partial charge on any atom is -0.274 e. The number of nitrogens with zero attached hydrogens (tertiary/aromatic N) is 4. The predicted molar refractivity (Wildman–Crippen MR) is 93.5 cm³/mol. The number of thioether (sulfide) groups is 1. The minimum atomic E-state index is -0.381. The van der Waals surface area contributed by atoms with Gasteiger partial charge in [-0.2, -0.15) is 0 Å². The highest BCUT2D eigenvalue weighted by atomic mass is 32.2. The quantitative estimate of drug-likeness (QED) is 0.397. The molecular weight excluding hydrogens is 324 g/mol. The molecule has 0 spiro atoms. The summed E-state index contributed by atoms with van der Waals surface area (Å²) in [6.45, 7) is 3.95. The Morgan fingerprint density at radius 1 is 1.12 bits per heavy atom. The van der Waals surface area contributed by atoms with Crippen molar-refractivity contribution in [3.63, 3.8) is 0 Å². The number of aromatic nitrogens is 3. The Kier molecular flexibility index (Phi) is 4.61. The maximum atomic E-state index is 10.9. The van der Waals surface area contributed by atoms with E-state index in [0.29, 0.717) is 5.75 Å². The first-order valence-corrected chi connectivity index (χ1v) is 8.38. The molecule has 0 atom stereocenters. The molecule has 0 saturated heterocycles. The smallest absolute Gasteiger partial charge is 0.269 e. The maximum Gasteiger partial charge on any atom is 0.269 e. The van der Waals surface area contributed by atoms with Crippen LogP contribution < -0.4 is 0 Å². The van der Waals surface area contributed by atoms with Gasteiger partial charge in [-0.25, -0.2) is 0 Å². The fourth-order valence-corrected chi connectivity index (χ4v) is 3.35. The molecule has 3 aromatic rings. The summed E-state index contributed by atoms with van der Waals surface area (Å²) in [7, 11) is 0. The van der Waals surface area contributed by atoms with E-state index >= 15 is 0 Å². The molecule has 1 aromatic heterocycles. The molecule has 3 rings (SSSR count). The monoisotopic (exact) mass is 340 g/mol. The standard InChI is InChI=1S/C17H16N4O2S/c1-12-5-3-7-15(9-12)20-13(2)18-19-17(20)24-11-14-6-4-8-16(10-14)21(22)23/h3-10H,11H2,1-2H3. The fraction of sp³-hybridized carbons (Fsp3) is 0.176. The zero-order chi connectivity index (χ0) is 17.1. The molecular formula is C17H16N4O2S. The average molecular weight is 340 g/mol. The molecule has 0 N–H and O–H groups in total. The number of benzene rings is 2. The van der Waals surface area contributed by atoms with Crippen LogP contribution in [0.5, 0.6) is 0 Å². The zero-order valence-electron chi connectivity index (χ0n) is 13.3. The summed E-state index contributed by atoms with van der Waals surface area (Å²) in [6.07, 6.45) is 0. The molecule has 0 aliphatic heterocycles. The Morgan fingerprint density at radius 3 is 2.67 bits per heavy atom. The van der Waals surface area contributed by atoms with Crippen LogP contribution in [0.15, 0.2) is 53.7 Å². The Balaban J connectivity index is 1.84. The van der Waals surface area contributed by atoms with Gasteiger partial charge in [0.05, 0.1) is 4.92 Å². The number of hydrogen-bond donors (Lipinski definition) is 0. The summed E-state index contributed by atoms with van der Waals surface area (Å²) < 4.78 is 2.00. The van der Waals surface area contributed by atoms with Crippen LogP contribution in [0.4, 0.5) is 5.69 Å². The van der Waals surface area contributed by atoms with Crippen molar-refractivity contribution in [1.82, 2.24) is 14.8 Å². The van der Waals surface area contributed by atoms with Crippen LogP contribution in [-0.2, 0) is 5.75 Å². The van der Waals surface area contributed by atoms with Gasteiger partial charge in [0.1, 0.15) is 5.82 Å². The van der Waals surface area contributed by atoms with Gasteiger partial charge in [0.15, 0.2) is 5.16 Å². The normalized spacial score (nSPS) is 10.8. The van der Waals surface area contributed by atoms with E-state index in [-0.39, 0.29) is 10.6 Å². The topological polar surface area (TPSA) is 73.8 Å². The van der Waals surface area contributed by atoms with Gasteiger partial charge in [-0.15, -0.1) is 10.2 Å². The van der Waals surface area contributed by atoms with E-state index in [9.17, 15) is 10.1 Å². The van der Waals surface area contributed by atoms with Gasteiger partial charge in [0.25, 0.3) is 5.69 Å². The Morgan fingerprint density at radius 2 is 1.92 bits per heavy atom. The second-order valence-corrected chi connectivity index (χ2v) is 6.36. The summed E-state index contributed by atoms with van der Waals surface area (Å²) in [4.78, 5) is 10.5. The third kappa shape index (κ3) is 3.46. The lowest BCUT2D eigenvalue weighted by Gasteiger charge is -2.09. The number of rotatable bonds is 5. The highest BCUT2D eigenvalue weighted by Gasteiger charge is 2.13. The first-order chi connectivity index (χ1) is 11.5. The highest BCUT2D eigenvalue weighted by molar-refractivity contribution is 7.98. The molecule has 0 aliphatic rings. The summed E-state index contributed by atoms with van der Waals surface area (Å²) in [5, 5.41) is 20.0. The Bertz CT molecular complexity index is 892.